The molecule has 8 heteroatoms. The van der Waals surface area contributed by atoms with Gasteiger partial charge in [0.25, 0.3) is 5.91 Å². The molecule has 0 spiro atoms. The second kappa shape index (κ2) is 13.5. The molecule has 0 aromatic heterocycles. The number of piperidine rings is 2. The zero-order valence-electron chi connectivity index (χ0n) is 24.3. The van der Waals surface area contributed by atoms with Crippen molar-refractivity contribution in [2.24, 2.45) is 0 Å². The van der Waals surface area contributed by atoms with Crippen LogP contribution in [-0.4, -0.2) is 61.5 Å². The molecule has 2 saturated heterocycles. The third kappa shape index (κ3) is 6.61. The highest BCUT2D eigenvalue weighted by Crippen LogP contribution is 2.44. The van der Waals surface area contributed by atoms with Crippen molar-refractivity contribution in [3.63, 3.8) is 0 Å². The Balaban J connectivity index is 1.29. The molecule has 2 N–H and O–H groups in total. The predicted octanol–water partition coefficient (Wildman–Crippen LogP) is 6.87. The van der Waals surface area contributed by atoms with Crippen LogP contribution in [-0.2, 0) is 11.0 Å². The minimum absolute atomic E-state index is 0.0646. The van der Waals surface area contributed by atoms with Crippen LogP contribution in [0.5, 0.6) is 0 Å². The first-order valence-corrected chi connectivity index (χ1v) is 15.7. The number of nitrogens with one attached hydrogen (secondary N) is 2. The second-order valence-corrected chi connectivity index (χ2v) is 12.5. The maximum absolute atomic E-state index is 13.5. The molecular formula is C34H40Cl2N4O2. The second-order valence-electron chi connectivity index (χ2n) is 11.7. The fourth-order valence-electron chi connectivity index (χ4n) is 6.86. The summed E-state index contributed by atoms with van der Waals surface area (Å²) in [4.78, 5) is 30.4. The van der Waals surface area contributed by atoms with Gasteiger partial charge in [-0.15, -0.1) is 0 Å². The van der Waals surface area contributed by atoms with Gasteiger partial charge in [-0.05, 0) is 74.4 Å². The number of hydrogen-bond donors (Lipinski definition) is 2. The lowest BCUT2D eigenvalue weighted by atomic mass is 9.70. The van der Waals surface area contributed by atoms with E-state index in [0.717, 1.165) is 75.8 Å². The van der Waals surface area contributed by atoms with E-state index in [2.05, 4.69) is 33.7 Å². The molecule has 222 valence electrons. The van der Waals surface area contributed by atoms with Crippen LogP contribution in [0, 0.1) is 0 Å². The van der Waals surface area contributed by atoms with Crippen molar-refractivity contribution >= 4 is 35.1 Å². The van der Waals surface area contributed by atoms with E-state index in [-0.39, 0.29) is 22.9 Å². The van der Waals surface area contributed by atoms with Gasteiger partial charge >= 0.3 is 6.03 Å². The lowest BCUT2D eigenvalue weighted by Gasteiger charge is -2.45. The van der Waals surface area contributed by atoms with Gasteiger partial charge in [-0.3, -0.25) is 4.79 Å². The first kappa shape index (κ1) is 30.4. The number of hydrogen-bond acceptors (Lipinski definition) is 3. The standard InChI is InChI=1S/C34H40Cl2N4O2/c1-37-32(42)38-34(27-13-6-3-7-14-27)19-23-39(24-20-34)21-9-17-33(28-15-8-16-29(35)30(28)36)18-10-22-40(25-33)31(41)26-11-4-2-5-12-26/h2-8,11-16H,9-10,17-25H2,1H3,(H2,37,38,42). The number of likely N-dealkylation sites (tertiary alicyclic amines) is 2. The van der Waals surface area contributed by atoms with E-state index in [0.29, 0.717) is 22.2 Å². The summed E-state index contributed by atoms with van der Waals surface area (Å²) in [6, 6.07) is 25.5. The maximum Gasteiger partial charge on any atom is 0.315 e. The summed E-state index contributed by atoms with van der Waals surface area (Å²) in [5.74, 6) is 0.0646. The summed E-state index contributed by atoms with van der Waals surface area (Å²) in [6.45, 7) is 4.08. The van der Waals surface area contributed by atoms with E-state index in [1.165, 1.54) is 0 Å². The van der Waals surface area contributed by atoms with E-state index >= 15 is 0 Å². The number of halogens is 2. The maximum atomic E-state index is 13.5. The van der Waals surface area contributed by atoms with Crippen molar-refractivity contribution in [3.8, 4) is 0 Å². The van der Waals surface area contributed by atoms with Gasteiger partial charge in [0.15, 0.2) is 0 Å². The quantitative estimate of drug-likeness (QED) is 0.294. The molecule has 0 aliphatic carbocycles. The molecule has 0 saturated carbocycles. The van der Waals surface area contributed by atoms with Gasteiger partial charge in [0.1, 0.15) is 0 Å². The van der Waals surface area contributed by atoms with Crippen molar-refractivity contribution in [2.75, 3.05) is 39.8 Å². The van der Waals surface area contributed by atoms with Crippen molar-refractivity contribution in [1.82, 2.24) is 20.4 Å². The Morgan fingerprint density at radius 2 is 1.55 bits per heavy atom. The van der Waals surface area contributed by atoms with Crippen molar-refractivity contribution < 1.29 is 9.59 Å². The summed E-state index contributed by atoms with van der Waals surface area (Å²) in [5, 5.41) is 7.13. The molecule has 3 aromatic rings. The summed E-state index contributed by atoms with van der Waals surface area (Å²) < 4.78 is 0. The number of rotatable bonds is 8. The highest BCUT2D eigenvalue weighted by molar-refractivity contribution is 6.42. The van der Waals surface area contributed by atoms with Gasteiger partial charge in [-0.2, -0.15) is 0 Å². The summed E-state index contributed by atoms with van der Waals surface area (Å²) in [6.07, 6.45) is 5.43. The van der Waals surface area contributed by atoms with Gasteiger partial charge < -0.3 is 20.4 Å². The molecular weight excluding hydrogens is 567 g/mol. The van der Waals surface area contributed by atoms with Crippen LogP contribution < -0.4 is 10.6 Å². The number of carbonyl (C=O) groups is 2. The largest absolute Gasteiger partial charge is 0.341 e. The first-order chi connectivity index (χ1) is 20.4. The number of carbonyl (C=O) groups excluding carboxylic acids is 2. The van der Waals surface area contributed by atoms with E-state index in [4.69, 9.17) is 23.2 Å². The van der Waals surface area contributed by atoms with Gasteiger partial charge in [0, 0.05) is 44.2 Å². The predicted molar refractivity (Wildman–Crippen MR) is 170 cm³/mol. The fourth-order valence-corrected chi connectivity index (χ4v) is 7.36. The van der Waals surface area contributed by atoms with E-state index in [1.807, 2.05) is 65.6 Å². The van der Waals surface area contributed by atoms with Crippen LogP contribution in [0.15, 0.2) is 78.9 Å². The average molecular weight is 608 g/mol. The number of urea groups is 1. The summed E-state index contributed by atoms with van der Waals surface area (Å²) in [7, 11) is 1.66. The smallest absolute Gasteiger partial charge is 0.315 e. The molecule has 3 amide bonds. The molecule has 0 radical (unpaired) electrons. The molecule has 2 aliphatic rings. The average Bonchev–Trinajstić information content (AvgIpc) is 3.03. The highest BCUT2D eigenvalue weighted by atomic mass is 35.5. The molecule has 2 heterocycles. The zero-order valence-corrected chi connectivity index (χ0v) is 25.8. The molecule has 3 aromatic carbocycles. The molecule has 5 rings (SSSR count). The van der Waals surface area contributed by atoms with Crippen LogP contribution in [0.1, 0.15) is 60.0 Å². The van der Waals surface area contributed by atoms with Crippen molar-refractivity contribution in [2.45, 2.75) is 49.5 Å². The van der Waals surface area contributed by atoms with Crippen LogP contribution in [0.25, 0.3) is 0 Å². The molecule has 1 unspecified atom stereocenters. The van der Waals surface area contributed by atoms with Gasteiger partial charge in [-0.25, -0.2) is 4.79 Å². The third-order valence-corrected chi connectivity index (χ3v) is 9.97. The first-order valence-electron chi connectivity index (χ1n) is 14.9. The zero-order chi connectivity index (χ0) is 29.6. The Hall–Kier alpha value is -3.06. The Kier molecular flexibility index (Phi) is 9.77. The van der Waals surface area contributed by atoms with E-state index in [9.17, 15) is 9.59 Å². The molecule has 2 fully saturated rings. The Labute approximate surface area is 259 Å². The van der Waals surface area contributed by atoms with Gasteiger partial charge in [0.05, 0.1) is 15.6 Å². The minimum atomic E-state index is -0.380. The van der Waals surface area contributed by atoms with Gasteiger partial charge in [-0.1, -0.05) is 83.9 Å². The van der Waals surface area contributed by atoms with Crippen LogP contribution in [0.4, 0.5) is 4.79 Å². The normalized spacial score (nSPS) is 20.6. The Morgan fingerprint density at radius 3 is 2.24 bits per heavy atom. The van der Waals surface area contributed by atoms with Crippen LogP contribution in [0.2, 0.25) is 10.0 Å². The number of nitrogens with zero attached hydrogens (tertiary/aromatic N) is 2. The molecule has 1 atom stereocenters. The highest BCUT2D eigenvalue weighted by Gasteiger charge is 2.41. The monoisotopic (exact) mass is 606 g/mol. The third-order valence-electron chi connectivity index (χ3n) is 9.15. The number of amides is 3. The lowest BCUT2D eigenvalue weighted by Crippen LogP contribution is -2.55. The molecule has 2 aliphatic heterocycles. The molecule has 42 heavy (non-hydrogen) atoms. The lowest BCUT2D eigenvalue weighted by molar-refractivity contribution is 0.0616. The summed E-state index contributed by atoms with van der Waals surface area (Å²) >= 11 is 13.4. The van der Waals surface area contributed by atoms with Crippen LogP contribution >= 0.6 is 23.2 Å². The SMILES string of the molecule is CNC(=O)NC1(c2ccccc2)CCN(CCCC2(c3cccc(Cl)c3Cl)CCCN(C(=O)c3ccccc3)C2)CC1. The Bertz CT molecular complexity index is 1360. The van der Waals surface area contributed by atoms with Crippen molar-refractivity contribution in [3.05, 3.63) is 106 Å². The van der Waals surface area contributed by atoms with Crippen LogP contribution in [0.3, 0.4) is 0 Å². The molecule has 0 bridgehead atoms. The minimum Gasteiger partial charge on any atom is -0.341 e. The van der Waals surface area contributed by atoms with Gasteiger partial charge in [0.2, 0.25) is 0 Å². The molecule has 6 nitrogen and oxygen atoms in total. The van der Waals surface area contributed by atoms with E-state index < -0.39 is 0 Å². The summed E-state index contributed by atoms with van der Waals surface area (Å²) in [5.41, 5.74) is 2.25. The van der Waals surface area contributed by atoms with E-state index in [1.54, 1.807) is 7.05 Å². The van der Waals surface area contributed by atoms with Crippen molar-refractivity contribution in [1.29, 1.82) is 0 Å². The number of benzene rings is 3. The topological polar surface area (TPSA) is 64.7 Å². The Morgan fingerprint density at radius 1 is 0.857 bits per heavy atom. The fraction of sp³-hybridized carbons (Fsp3) is 0.412.